The Morgan fingerprint density at radius 3 is 2.80 bits per heavy atom. The number of nitrogens with zero attached hydrogens (tertiary/aromatic N) is 4. The number of hydrogen-bond donors (Lipinski definition) is 3. The Morgan fingerprint density at radius 1 is 1.17 bits per heavy atom. The third-order valence-corrected chi connectivity index (χ3v) is 7.96. The molecule has 11 heteroatoms. The van der Waals surface area contributed by atoms with Crippen LogP contribution in [-0.2, 0) is 11.2 Å². The lowest BCUT2D eigenvalue weighted by molar-refractivity contribution is -0.0508. The number of aliphatic hydroxyl groups excluding tert-OH is 1. The maximum Gasteiger partial charge on any atom is 0.266 e. The zero-order chi connectivity index (χ0) is 24.4. The van der Waals surface area contributed by atoms with Gasteiger partial charge in [0.25, 0.3) is 6.43 Å². The van der Waals surface area contributed by atoms with Gasteiger partial charge >= 0.3 is 0 Å². The summed E-state index contributed by atoms with van der Waals surface area (Å²) in [6, 6.07) is 8.06. The molecule has 0 bridgehead atoms. The maximum absolute atomic E-state index is 13.7. The minimum absolute atomic E-state index is 0.0211. The van der Waals surface area contributed by atoms with E-state index >= 15 is 0 Å². The van der Waals surface area contributed by atoms with Crippen LogP contribution < -0.4 is 11.5 Å². The van der Waals surface area contributed by atoms with Crippen molar-refractivity contribution in [2.45, 2.75) is 44.1 Å². The number of ether oxygens (including phenoxy) is 1. The van der Waals surface area contributed by atoms with E-state index in [9.17, 15) is 13.9 Å². The van der Waals surface area contributed by atoms with Gasteiger partial charge in [-0.1, -0.05) is 12.1 Å². The van der Waals surface area contributed by atoms with E-state index < -0.39 is 18.8 Å². The van der Waals surface area contributed by atoms with Gasteiger partial charge in [-0.3, -0.25) is 0 Å². The first kappa shape index (κ1) is 22.6. The van der Waals surface area contributed by atoms with Crippen molar-refractivity contribution < 1.29 is 18.6 Å². The fourth-order valence-corrected chi connectivity index (χ4v) is 6.03. The third-order valence-electron chi connectivity index (χ3n) is 7.32. The van der Waals surface area contributed by atoms with Gasteiger partial charge in [-0.15, -0.1) is 0 Å². The van der Waals surface area contributed by atoms with Gasteiger partial charge in [0.05, 0.1) is 21.5 Å². The predicted molar refractivity (Wildman–Crippen MR) is 131 cm³/mol. The van der Waals surface area contributed by atoms with Gasteiger partial charge < -0.3 is 25.9 Å². The lowest BCUT2D eigenvalue weighted by Gasteiger charge is -2.21. The molecule has 1 aromatic carbocycles. The van der Waals surface area contributed by atoms with Crippen molar-refractivity contribution in [3.8, 4) is 0 Å². The Balaban J connectivity index is 1.29. The average molecular weight is 545 g/mol. The minimum atomic E-state index is -2.76. The van der Waals surface area contributed by atoms with Crippen molar-refractivity contribution in [1.29, 1.82) is 0 Å². The maximum atomic E-state index is 13.7. The van der Waals surface area contributed by atoms with Gasteiger partial charge in [0, 0.05) is 23.1 Å². The minimum Gasteiger partial charge on any atom is -0.388 e. The van der Waals surface area contributed by atoms with Crippen molar-refractivity contribution in [3.05, 3.63) is 52.4 Å². The highest BCUT2D eigenvalue weighted by Crippen LogP contribution is 2.48. The topological polar surface area (TPSA) is 125 Å². The standard InChI is InChI=1S/C24H23BrF2N6O2/c25-15-7-11-2-1-10(6-16(11)32-21(15)28)5-12-3-4-13-18(34)24(35-19(12)13)33-8-14(20(26)27)17-22(29)30-9-31-23(17)33/h1-2,6-9,12-13,18-20,24,34H,3-5H2,(H2,28,32)(H2,29,30,31)/t12-,13+,18+,19+,24+/m0/s1. The molecule has 35 heavy (non-hydrogen) atoms. The summed E-state index contributed by atoms with van der Waals surface area (Å²) in [5.41, 5.74) is 13.7. The molecule has 1 aliphatic carbocycles. The van der Waals surface area contributed by atoms with Gasteiger partial charge in [0.1, 0.15) is 29.7 Å². The van der Waals surface area contributed by atoms with Crippen LogP contribution in [0.3, 0.4) is 0 Å². The van der Waals surface area contributed by atoms with Crippen LogP contribution in [0.1, 0.15) is 36.6 Å². The number of hydrogen-bond acceptors (Lipinski definition) is 7. The van der Waals surface area contributed by atoms with E-state index in [1.165, 1.54) is 17.1 Å². The van der Waals surface area contributed by atoms with Gasteiger partial charge in [-0.05, 0) is 58.8 Å². The molecule has 8 nitrogen and oxygen atoms in total. The number of aliphatic hydroxyl groups is 1. The monoisotopic (exact) mass is 544 g/mol. The van der Waals surface area contributed by atoms with E-state index in [0.717, 1.165) is 40.2 Å². The van der Waals surface area contributed by atoms with E-state index in [-0.39, 0.29) is 40.4 Å². The number of halogens is 3. The second kappa shape index (κ2) is 8.35. The Bertz CT molecular complexity index is 1450. The number of nitrogens with two attached hydrogens (primary N) is 2. The SMILES string of the molecule is Nc1nc2cc(C[C@@H]3CC[C@@H]4[C@@H](O)[C@H](n5cc(C(F)F)c6c(N)ncnc65)O[C@H]34)ccc2cc1Br. The molecular formula is C24H23BrF2N6O2. The first-order valence-corrected chi connectivity index (χ1v) is 12.2. The van der Waals surface area contributed by atoms with Gasteiger partial charge in [-0.25, -0.2) is 23.7 Å². The zero-order valence-electron chi connectivity index (χ0n) is 18.5. The molecule has 3 aromatic heterocycles. The van der Waals surface area contributed by atoms with E-state index in [1.807, 2.05) is 18.2 Å². The number of pyridine rings is 1. The molecule has 4 heterocycles. The first-order chi connectivity index (χ1) is 16.8. The quantitative estimate of drug-likeness (QED) is 0.348. The highest BCUT2D eigenvalue weighted by molar-refractivity contribution is 9.10. The predicted octanol–water partition coefficient (Wildman–Crippen LogP) is 4.37. The third kappa shape index (κ3) is 3.64. The lowest BCUT2D eigenvalue weighted by Crippen LogP contribution is -2.24. The van der Waals surface area contributed by atoms with Crippen LogP contribution in [0.25, 0.3) is 21.9 Å². The van der Waals surface area contributed by atoms with Crippen LogP contribution in [-0.4, -0.2) is 36.8 Å². The summed E-state index contributed by atoms with van der Waals surface area (Å²) in [4.78, 5) is 12.5. The zero-order valence-corrected chi connectivity index (χ0v) is 20.1. The Morgan fingerprint density at radius 2 is 2.00 bits per heavy atom. The molecule has 0 amide bonds. The summed E-state index contributed by atoms with van der Waals surface area (Å²) >= 11 is 3.41. The molecule has 6 rings (SSSR count). The van der Waals surface area contributed by atoms with E-state index in [1.54, 1.807) is 0 Å². The van der Waals surface area contributed by atoms with Crippen LogP contribution in [0.15, 0.2) is 41.3 Å². The second-order valence-corrected chi connectivity index (χ2v) is 10.2. The Labute approximate surface area is 207 Å². The van der Waals surface area contributed by atoms with E-state index in [0.29, 0.717) is 5.82 Å². The van der Waals surface area contributed by atoms with Crippen LogP contribution in [0.5, 0.6) is 0 Å². The van der Waals surface area contributed by atoms with Crippen LogP contribution in [0.2, 0.25) is 0 Å². The highest BCUT2D eigenvalue weighted by Gasteiger charge is 2.51. The number of rotatable bonds is 4. The number of aromatic nitrogens is 4. The normalized spacial score (nSPS) is 26.3. The van der Waals surface area contributed by atoms with Crippen molar-refractivity contribution in [1.82, 2.24) is 19.5 Å². The summed E-state index contributed by atoms with van der Waals surface area (Å²) < 4.78 is 36.0. The lowest BCUT2D eigenvalue weighted by atomic mass is 9.93. The molecule has 5 atom stereocenters. The Hall–Kier alpha value is -2.89. The largest absolute Gasteiger partial charge is 0.388 e. The van der Waals surface area contributed by atoms with Crippen molar-refractivity contribution in [3.63, 3.8) is 0 Å². The molecule has 5 N–H and O–H groups in total. The van der Waals surface area contributed by atoms with Crippen molar-refractivity contribution in [2.75, 3.05) is 11.5 Å². The van der Waals surface area contributed by atoms with Crippen LogP contribution in [0.4, 0.5) is 20.4 Å². The molecule has 0 spiro atoms. The van der Waals surface area contributed by atoms with E-state index in [4.69, 9.17) is 16.2 Å². The van der Waals surface area contributed by atoms with E-state index in [2.05, 4.69) is 36.9 Å². The molecule has 1 saturated heterocycles. The second-order valence-electron chi connectivity index (χ2n) is 9.32. The average Bonchev–Trinajstić information content (AvgIpc) is 3.49. The summed E-state index contributed by atoms with van der Waals surface area (Å²) in [7, 11) is 0. The summed E-state index contributed by atoms with van der Waals surface area (Å²) in [6.07, 6.45) is 0.306. The number of benzene rings is 1. The molecule has 2 fully saturated rings. The molecule has 4 aromatic rings. The van der Waals surface area contributed by atoms with Crippen molar-refractivity contribution in [2.24, 2.45) is 11.8 Å². The fraction of sp³-hybridized carbons (Fsp3) is 0.375. The summed E-state index contributed by atoms with van der Waals surface area (Å²) in [5.74, 6) is 0.488. The molecule has 0 unspecified atom stereocenters. The molecule has 2 aliphatic rings. The van der Waals surface area contributed by atoms with Crippen LogP contribution in [0, 0.1) is 11.8 Å². The highest BCUT2D eigenvalue weighted by atomic mass is 79.9. The Kier molecular flexibility index (Phi) is 5.39. The number of alkyl halides is 2. The van der Waals surface area contributed by atoms with Crippen molar-refractivity contribution >= 4 is 49.5 Å². The van der Waals surface area contributed by atoms with Crippen LogP contribution >= 0.6 is 15.9 Å². The molecular weight excluding hydrogens is 522 g/mol. The molecule has 1 aliphatic heterocycles. The number of anilines is 2. The first-order valence-electron chi connectivity index (χ1n) is 11.4. The molecule has 182 valence electrons. The number of nitrogen functional groups attached to an aromatic ring is 2. The van der Waals surface area contributed by atoms with Gasteiger partial charge in [0.15, 0.2) is 6.23 Å². The van der Waals surface area contributed by atoms with Gasteiger partial charge in [-0.2, -0.15) is 0 Å². The smallest absolute Gasteiger partial charge is 0.266 e. The summed E-state index contributed by atoms with van der Waals surface area (Å²) in [5, 5.41) is 12.2. The molecule has 0 radical (unpaired) electrons. The number of fused-ring (bicyclic) bond motifs is 3. The summed E-state index contributed by atoms with van der Waals surface area (Å²) in [6.45, 7) is 0. The van der Waals surface area contributed by atoms with Gasteiger partial charge in [0.2, 0.25) is 0 Å². The fourth-order valence-electron chi connectivity index (χ4n) is 5.69. The molecule has 1 saturated carbocycles.